The molecule has 3 atom stereocenters. The Labute approximate surface area is 157 Å². The van der Waals surface area contributed by atoms with Gasteiger partial charge in [-0.15, -0.1) is 10.1 Å². The number of carboxylic acids is 1. The largest absolute Gasteiger partial charge is 0.477 e. The lowest BCUT2D eigenvalue weighted by Gasteiger charge is -2.56. The van der Waals surface area contributed by atoms with E-state index in [1.54, 1.807) is 0 Å². The first kappa shape index (κ1) is 20.7. The lowest BCUT2D eigenvalue weighted by molar-refractivity contribution is -0.755. The molecule has 2 aliphatic rings. The van der Waals surface area contributed by atoms with E-state index in [-0.39, 0.29) is 21.9 Å². The van der Waals surface area contributed by atoms with Gasteiger partial charge in [0.15, 0.2) is 9.04 Å². The van der Waals surface area contributed by atoms with Crippen molar-refractivity contribution in [3.8, 4) is 0 Å². The molecular formula is C15H24N2O7SSi. The second-order valence-electron chi connectivity index (χ2n) is 7.79. The predicted molar refractivity (Wildman–Crippen MR) is 97.1 cm³/mol. The van der Waals surface area contributed by atoms with E-state index < -0.39 is 43.6 Å². The highest BCUT2D eigenvalue weighted by molar-refractivity contribution is 8.04. The summed E-state index contributed by atoms with van der Waals surface area (Å²) in [5.74, 6) is -2.17. The van der Waals surface area contributed by atoms with Crippen molar-refractivity contribution in [2.24, 2.45) is 11.3 Å². The first-order chi connectivity index (χ1) is 11.8. The second kappa shape index (κ2) is 6.85. The lowest BCUT2D eigenvalue weighted by atomic mass is 9.66. The van der Waals surface area contributed by atoms with Crippen LogP contribution in [0.15, 0.2) is 10.6 Å². The molecule has 0 aromatic heterocycles. The number of fused-ring (bicyclic) bond motifs is 1. The van der Waals surface area contributed by atoms with Crippen LogP contribution in [-0.4, -0.2) is 53.6 Å². The Bertz CT molecular complexity index is 675. The summed E-state index contributed by atoms with van der Waals surface area (Å²) in [6.45, 7) is 11.4. The average Bonchev–Trinajstić information content (AvgIpc) is 2.77. The van der Waals surface area contributed by atoms with Gasteiger partial charge in [-0.25, -0.2) is 4.79 Å². The van der Waals surface area contributed by atoms with Gasteiger partial charge in [0.25, 0.3) is 5.09 Å². The van der Waals surface area contributed by atoms with Crippen LogP contribution in [-0.2, 0) is 18.9 Å². The minimum Gasteiger partial charge on any atom is -0.477 e. The van der Waals surface area contributed by atoms with E-state index >= 15 is 0 Å². The molecule has 0 saturated carbocycles. The van der Waals surface area contributed by atoms with Gasteiger partial charge in [0.1, 0.15) is 17.7 Å². The summed E-state index contributed by atoms with van der Waals surface area (Å²) < 4.78 is 6.29. The molecular weight excluding hydrogens is 380 g/mol. The molecule has 0 bridgehead atoms. The third kappa shape index (κ3) is 3.34. The Kier molecular flexibility index (Phi) is 5.46. The van der Waals surface area contributed by atoms with Crippen LogP contribution in [0, 0.1) is 21.4 Å². The Balaban J connectivity index is 2.35. The average molecular weight is 405 g/mol. The molecule has 1 N–H and O–H groups in total. The number of thioether (sulfide) groups is 1. The monoisotopic (exact) mass is 404 g/mol. The molecule has 1 unspecified atom stereocenters. The van der Waals surface area contributed by atoms with Crippen molar-refractivity contribution in [1.29, 1.82) is 0 Å². The molecule has 0 aliphatic carbocycles. The van der Waals surface area contributed by atoms with Crippen molar-refractivity contribution in [3.05, 3.63) is 20.7 Å². The van der Waals surface area contributed by atoms with Gasteiger partial charge in [0.05, 0.1) is 11.5 Å². The van der Waals surface area contributed by atoms with Crippen LogP contribution in [0.2, 0.25) is 13.1 Å². The van der Waals surface area contributed by atoms with Crippen LogP contribution in [0.3, 0.4) is 0 Å². The Morgan fingerprint density at radius 1 is 1.38 bits per heavy atom. The van der Waals surface area contributed by atoms with Crippen LogP contribution in [0.5, 0.6) is 0 Å². The van der Waals surface area contributed by atoms with Crippen LogP contribution in [0.25, 0.3) is 0 Å². The van der Waals surface area contributed by atoms with Gasteiger partial charge in [-0.3, -0.25) is 9.69 Å². The highest BCUT2D eigenvalue weighted by atomic mass is 32.2. The van der Waals surface area contributed by atoms with Crippen molar-refractivity contribution in [2.45, 2.75) is 51.8 Å². The maximum Gasteiger partial charge on any atom is 0.353 e. The molecule has 2 aliphatic heterocycles. The van der Waals surface area contributed by atoms with Gasteiger partial charge < -0.3 is 14.4 Å². The Morgan fingerprint density at radius 2 is 1.96 bits per heavy atom. The van der Waals surface area contributed by atoms with Crippen molar-refractivity contribution < 1.29 is 29.0 Å². The molecule has 11 heteroatoms. The number of carbonyl (C=O) groups excluding carboxylic acids is 1. The van der Waals surface area contributed by atoms with E-state index in [4.69, 9.17) is 4.43 Å². The van der Waals surface area contributed by atoms with Crippen molar-refractivity contribution >= 4 is 32.7 Å². The van der Waals surface area contributed by atoms with E-state index in [2.05, 4.69) is 4.84 Å². The zero-order valence-electron chi connectivity index (χ0n) is 15.6. The number of β-lactam (4-membered cyclic amide) rings is 1. The summed E-state index contributed by atoms with van der Waals surface area (Å²) in [5.41, 5.74) is -1.37. The molecule has 2 rings (SSSR count). The molecule has 0 spiro atoms. The number of nitrogens with zero attached hydrogens (tertiary/aromatic N) is 2. The van der Waals surface area contributed by atoms with Crippen molar-refractivity contribution in [2.75, 3.05) is 6.61 Å². The third-order valence-electron chi connectivity index (χ3n) is 4.88. The zero-order chi connectivity index (χ0) is 20.0. The molecule has 26 heavy (non-hydrogen) atoms. The van der Waals surface area contributed by atoms with E-state index in [9.17, 15) is 24.8 Å². The molecule has 0 aromatic carbocycles. The number of rotatable bonds is 7. The molecule has 1 fully saturated rings. The fourth-order valence-corrected chi connectivity index (χ4v) is 6.32. The van der Waals surface area contributed by atoms with Crippen molar-refractivity contribution in [1.82, 2.24) is 4.90 Å². The van der Waals surface area contributed by atoms with Crippen LogP contribution < -0.4 is 0 Å². The van der Waals surface area contributed by atoms with Gasteiger partial charge >= 0.3 is 5.97 Å². The van der Waals surface area contributed by atoms with Crippen LogP contribution >= 0.6 is 11.8 Å². The minimum absolute atomic E-state index is 0.174. The number of hydrogen-bond donors (Lipinski definition) is 1. The predicted octanol–water partition coefficient (Wildman–Crippen LogP) is 1.83. The summed E-state index contributed by atoms with van der Waals surface area (Å²) in [5, 5.41) is 18.5. The molecule has 1 amide bonds. The fourth-order valence-electron chi connectivity index (χ4n) is 3.31. The maximum absolute atomic E-state index is 12.9. The summed E-state index contributed by atoms with van der Waals surface area (Å²) in [7, 11) is -1.50. The zero-order valence-corrected chi connectivity index (χ0v) is 17.6. The van der Waals surface area contributed by atoms with Crippen molar-refractivity contribution in [3.63, 3.8) is 0 Å². The maximum atomic E-state index is 12.9. The summed E-state index contributed by atoms with van der Waals surface area (Å²) in [6.07, 6.45) is 0. The van der Waals surface area contributed by atoms with E-state index in [1.165, 1.54) is 4.90 Å². The molecule has 146 valence electrons. The van der Waals surface area contributed by atoms with E-state index in [1.807, 2.05) is 40.8 Å². The standard InChI is InChI=1S/C15H24N2O7SSi/c1-14(2,3)15(4,24-26(5)6)9-11(18)16-10(13(19)20)8(25-12(9)16)7-23-17(21)22/h9,12,26H,7H2,1-6H3,(H,19,20)/t9-,12+,15?/m0/s1. The summed E-state index contributed by atoms with van der Waals surface area (Å²) in [6, 6.07) is 0. The minimum atomic E-state index is -1.50. The Morgan fingerprint density at radius 3 is 2.38 bits per heavy atom. The van der Waals surface area contributed by atoms with Crippen LogP contribution in [0.1, 0.15) is 27.7 Å². The number of aliphatic carboxylic acids is 1. The van der Waals surface area contributed by atoms with Gasteiger partial charge in [-0.2, -0.15) is 0 Å². The SMILES string of the molecule is C[SiH](C)OC(C)([C@H]1C(=O)N2C(C(=O)O)=C(CO[N+](=O)[O-])S[C@H]12)C(C)(C)C. The number of hydrogen-bond acceptors (Lipinski definition) is 7. The molecule has 0 aromatic rings. The lowest BCUT2D eigenvalue weighted by Crippen LogP contribution is -2.69. The van der Waals surface area contributed by atoms with Gasteiger partial charge in [0, 0.05) is 4.91 Å². The van der Waals surface area contributed by atoms with Gasteiger partial charge in [0.2, 0.25) is 5.91 Å². The fraction of sp³-hybridized carbons (Fsp3) is 0.733. The Hall–Kier alpha value is -1.59. The second-order valence-corrected chi connectivity index (χ2v) is 11.3. The first-order valence-corrected chi connectivity index (χ1v) is 11.9. The van der Waals surface area contributed by atoms with Gasteiger partial charge in [-0.1, -0.05) is 32.5 Å². The van der Waals surface area contributed by atoms with E-state index in [0.717, 1.165) is 11.8 Å². The normalized spacial score (nSPS) is 25.0. The molecule has 0 radical (unpaired) electrons. The highest BCUT2D eigenvalue weighted by Crippen LogP contribution is 2.56. The van der Waals surface area contributed by atoms with E-state index in [0.29, 0.717) is 0 Å². The molecule has 2 heterocycles. The molecule has 9 nitrogen and oxygen atoms in total. The molecule has 1 saturated heterocycles. The number of carboxylic acid groups (broad SMARTS) is 1. The summed E-state index contributed by atoms with van der Waals surface area (Å²) in [4.78, 5) is 40.7. The van der Waals surface area contributed by atoms with Gasteiger partial charge in [-0.05, 0) is 25.4 Å². The smallest absolute Gasteiger partial charge is 0.353 e. The summed E-state index contributed by atoms with van der Waals surface area (Å²) >= 11 is 1.13. The number of amides is 1. The third-order valence-corrected chi connectivity index (χ3v) is 7.16. The highest BCUT2D eigenvalue weighted by Gasteiger charge is 2.65. The quantitative estimate of drug-likeness (QED) is 0.295. The first-order valence-electron chi connectivity index (χ1n) is 8.22. The topological polar surface area (TPSA) is 119 Å². The number of carbonyl (C=O) groups is 2. The van der Waals surface area contributed by atoms with Crippen LogP contribution in [0.4, 0.5) is 0 Å².